The standard InChI is InChI=1S/C18H19BrS/c19-18(17-11-14-6-3-7-16(14)20-17)15-9-8-12-4-1-2-5-13(12)10-15/h8-11,18H,1-7H2. The van der Waals surface area contributed by atoms with Crippen LogP contribution in [0.4, 0.5) is 0 Å². The summed E-state index contributed by atoms with van der Waals surface area (Å²) in [4.78, 5) is 3.50. The Kier molecular flexibility index (Phi) is 3.47. The number of fused-ring (bicyclic) bond motifs is 2. The van der Waals surface area contributed by atoms with E-state index in [4.69, 9.17) is 0 Å². The number of alkyl halides is 1. The number of benzene rings is 1. The first-order chi connectivity index (χ1) is 9.81. The van der Waals surface area contributed by atoms with Crippen LogP contribution >= 0.6 is 27.3 Å². The van der Waals surface area contributed by atoms with Crippen molar-refractivity contribution < 1.29 is 0 Å². The molecule has 4 rings (SSSR count). The van der Waals surface area contributed by atoms with Crippen molar-refractivity contribution in [2.75, 3.05) is 0 Å². The summed E-state index contributed by atoms with van der Waals surface area (Å²) in [5, 5.41) is 0. The molecule has 2 aromatic rings. The lowest BCUT2D eigenvalue weighted by Gasteiger charge is -2.18. The minimum atomic E-state index is 0.380. The third-order valence-electron chi connectivity index (χ3n) is 4.68. The molecule has 0 fully saturated rings. The monoisotopic (exact) mass is 346 g/mol. The van der Waals surface area contributed by atoms with E-state index in [0.717, 1.165) is 0 Å². The number of thiophene rings is 1. The van der Waals surface area contributed by atoms with E-state index in [2.05, 4.69) is 40.2 Å². The third kappa shape index (κ3) is 2.27. The first-order valence-corrected chi connectivity index (χ1v) is 9.42. The van der Waals surface area contributed by atoms with Crippen LogP contribution in [0.5, 0.6) is 0 Å². The van der Waals surface area contributed by atoms with Crippen LogP contribution in [-0.2, 0) is 25.7 Å². The maximum absolute atomic E-state index is 3.93. The summed E-state index contributed by atoms with van der Waals surface area (Å²) in [7, 11) is 0. The van der Waals surface area contributed by atoms with Gasteiger partial charge >= 0.3 is 0 Å². The fourth-order valence-electron chi connectivity index (χ4n) is 3.55. The van der Waals surface area contributed by atoms with Gasteiger partial charge in [0, 0.05) is 9.75 Å². The Bertz CT molecular complexity index is 619. The third-order valence-corrected chi connectivity index (χ3v) is 7.31. The van der Waals surface area contributed by atoms with Crippen molar-refractivity contribution in [3.8, 4) is 0 Å². The largest absolute Gasteiger partial charge is 0.144 e. The molecule has 1 aromatic heterocycles. The van der Waals surface area contributed by atoms with Crippen molar-refractivity contribution in [3.05, 3.63) is 56.3 Å². The molecule has 2 heteroatoms. The van der Waals surface area contributed by atoms with Gasteiger partial charge < -0.3 is 0 Å². The summed E-state index contributed by atoms with van der Waals surface area (Å²) in [6.07, 6.45) is 9.20. The zero-order valence-electron chi connectivity index (χ0n) is 11.6. The molecule has 0 bridgehead atoms. The molecule has 1 heterocycles. The van der Waals surface area contributed by atoms with E-state index < -0.39 is 0 Å². The highest BCUT2D eigenvalue weighted by molar-refractivity contribution is 9.09. The van der Waals surface area contributed by atoms with Crippen LogP contribution < -0.4 is 0 Å². The van der Waals surface area contributed by atoms with Crippen molar-refractivity contribution in [3.63, 3.8) is 0 Å². The molecule has 2 aliphatic rings. The SMILES string of the molecule is BrC(c1ccc2c(c1)CCCC2)c1cc2c(s1)CCC2. The predicted molar refractivity (Wildman–Crippen MR) is 90.2 cm³/mol. The second-order valence-corrected chi connectivity index (χ2v) is 8.13. The van der Waals surface area contributed by atoms with E-state index in [-0.39, 0.29) is 0 Å². The molecule has 0 aliphatic heterocycles. The van der Waals surface area contributed by atoms with Gasteiger partial charge in [-0.25, -0.2) is 0 Å². The first kappa shape index (κ1) is 13.1. The van der Waals surface area contributed by atoms with E-state index in [1.807, 2.05) is 11.3 Å². The highest BCUT2D eigenvalue weighted by atomic mass is 79.9. The second kappa shape index (κ2) is 5.31. The van der Waals surface area contributed by atoms with Crippen LogP contribution in [0, 0.1) is 0 Å². The van der Waals surface area contributed by atoms with Crippen LogP contribution in [0.1, 0.15) is 56.1 Å². The molecule has 104 valence electrons. The van der Waals surface area contributed by atoms with Crippen molar-refractivity contribution in [1.29, 1.82) is 0 Å². The Balaban J connectivity index is 1.65. The van der Waals surface area contributed by atoms with Gasteiger partial charge in [-0.05, 0) is 73.3 Å². The van der Waals surface area contributed by atoms with Gasteiger partial charge in [-0.15, -0.1) is 11.3 Å². The van der Waals surface area contributed by atoms with Gasteiger partial charge in [-0.3, -0.25) is 0 Å². The van der Waals surface area contributed by atoms with Crippen molar-refractivity contribution in [2.24, 2.45) is 0 Å². The number of hydrogen-bond donors (Lipinski definition) is 0. The molecule has 1 atom stereocenters. The van der Waals surface area contributed by atoms with E-state index in [0.29, 0.717) is 4.83 Å². The van der Waals surface area contributed by atoms with Crippen molar-refractivity contribution >= 4 is 27.3 Å². The van der Waals surface area contributed by atoms with Gasteiger partial charge in [0.15, 0.2) is 0 Å². The van der Waals surface area contributed by atoms with Crippen LogP contribution in [0.15, 0.2) is 24.3 Å². The molecule has 1 unspecified atom stereocenters. The summed E-state index contributed by atoms with van der Waals surface area (Å²) < 4.78 is 0. The fraction of sp³-hybridized carbons (Fsp3) is 0.444. The maximum atomic E-state index is 3.93. The Hall–Kier alpha value is -0.600. The average molecular weight is 347 g/mol. The molecule has 2 aliphatic carbocycles. The summed E-state index contributed by atoms with van der Waals surface area (Å²) in [5.74, 6) is 0. The summed E-state index contributed by atoms with van der Waals surface area (Å²) in [6, 6.07) is 9.57. The zero-order valence-corrected chi connectivity index (χ0v) is 14.0. The van der Waals surface area contributed by atoms with Gasteiger partial charge in [0.1, 0.15) is 0 Å². The van der Waals surface area contributed by atoms with Crippen LogP contribution in [0.25, 0.3) is 0 Å². The van der Waals surface area contributed by atoms with Crippen LogP contribution in [0.3, 0.4) is 0 Å². The molecule has 20 heavy (non-hydrogen) atoms. The molecule has 0 radical (unpaired) electrons. The minimum Gasteiger partial charge on any atom is -0.144 e. The van der Waals surface area contributed by atoms with Gasteiger partial charge in [0.05, 0.1) is 4.83 Å². The highest BCUT2D eigenvalue weighted by Crippen LogP contribution is 2.40. The van der Waals surface area contributed by atoms with E-state index in [9.17, 15) is 0 Å². The molecule has 0 nitrogen and oxygen atoms in total. The summed E-state index contributed by atoms with van der Waals surface area (Å²) in [5.41, 5.74) is 6.20. The Morgan fingerprint density at radius 2 is 1.65 bits per heavy atom. The lowest BCUT2D eigenvalue weighted by Crippen LogP contribution is -2.03. The van der Waals surface area contributed by atoms with Crippen LogP contribution in [0.2, 0.25) is 0 Å². The Morgan fingerprint density at radius 3 is 2.50 bits per heavy atom. The topological polar surface area (TPSA) is 0 Å². The van der Waals surface area contributed by atoms with Crippen molar-refractivity contribution in [2.45, 2.75) is 49.8 Å². The van der Waals surface area contributed by atoms with E-state index >= 15 is 0 Å². The number of halogens is 1. The highest BCUT2D eigenvalue weighted by Gasteiger charge is 2.20. The lowest BCUT2D eigenvalue weighted by molar-refractivity contribution is 0.684. The predicted octanol–water partition coefficient (Wildman–Crippen LogP) is 5.60. The van der Waals surface area contributed by atoms with E-state index in [1.54, 1.807) is 21.6 Å². The fourth-order valence-corrected chi connectivity index (χ4v) is 5.51. The summed E-state index contributed by atoms with van der Waals surface area (Å²) >= 11 is 5.95. The molecule has 0 saturated heterocycles. The molecule has 0 saturated carbocycles. The summed E-state index contributed by atoms with van der Waals surface area (Å²) in [6.45, 7) is 0. The van der Waals surface area contributed by atoms with Crippen LogP contribution in [-0.4, -0.2) is 0 Å². The molecular weight excluding hydrogens is 328 g/mol. The molecule has 0 N–H and O–H groups in total. The average Bonchev–Trinajstić information content (AvgIpc) is 3.07. The zero-order chi connectivity index (χ0) is 13.5. The van der Waals surface area contributed by atoms with Gasteiger partial charge in [-0.2, -0.15) is 0 Å². The van der Waals surface area contributed by atoms with Gasteiger partial charge in [-0.1, -0.05) is 34.1 Å². The molecule has 0 amide bonds. The van der Waals surface area contributed by atoms with E-state index in [1.165, 1.54) is 55.4 Å². The normalized spacial score (nSPS) is 18.6. The first-order valence-electron chi connectivity index (χ1n) is 7.68. The Labute approximate surface area is 133 Å². The van der Waals surface area contributed by atoms with Gasteiger partial charge in [0.2, 0.25) is 0 Å². The number of hydrogen-bond acceptors (Lipinski definition) is 1. The Morgan fingerprint density at radius 1 is 0.850 bits per heavy atom. The lowest BCUT2D eigenvalue weighted by atomic mass is 9.90. The quantitative estimate of drug-likeness (QED) is 0.620. The smallest absolute Gasteiger partial charge is 0.0738 e. The molecular formula is C18H19BrS. The number of rotatable bonds is 2. The maximum Gasteiger partial charge on any atom is 0.0738 e. The van der Waals surface area contributed by atoms with Gasteiger partial charge in [0.25, 0.3) is 0 Å². The molecule has 0 spiro atoms. The minimum absolute atomic E-state index is 0.380. The second-order valence-electron chi connectivity index (χ2n) is 6.05. The molecule has 1 aromatic carbocycles. The van der Waals surface area contributed by atoms with Crippen molar-refractivity contribution in [1.82, 2.24) is 0 Å². The number of aryl methyl sites for hydroxylation is 4.